The second kappa shape index (κ2) is 16.1. The molecule has 0 spiro atoms. The number of amides is 1. The number of nitrogens with one attached hydrogen (secondary N) is 1. The molecule has 1 rings (SSSR count). The van der Waals surface area contributed by atoms with Crippen molar-refractivity contribution >= 4 is 5.91 Å². The fourth-order valence-corrected chi connectivity index (χ4v) is 3.61. The molecule has 0 aromatic rings. The van der Waals surface area contributed by atoms with Crippen LogP contribution < -0.4 is 5.32 Å². The molecule has 1 aliphatic rings. The van der Waals surface area contributed by atoms with Crippen molar-refractivity contribution < 1.29 is 4.79 Å². The number of carbonyl (C=O) groups excluding carboxylic acids is 1. The van der Waals surface area contributed by atoms with Crippen molar-refractivity contribution in [2.45, 2.75) is 79.6 Å². The fourth-order valence-electron chi connectivity index (χ4n) is 3.61. The molecule has 170 valence electrons. The van der Waals surface area contributed by atoms with Gasteiger partial charge >= 0.3 is 0 Å². The van der Waals surface area contributed by atoms with Crippen molar-refractivity contribution in [3.8, 4) is 0 Å². The van der Waals surface area contributed by atoms with Crippen LogP contribution in [-0.4, -0.2) is 37.0 Å². The fraction of sp³-hybridized carbons (Fsp3) is 0.667. The predicted octanol–water partition coefficient (Wildman–Crippen LogP) is 6.45. The van der Waals surface area contributed by atoms with Crippen LogP contribution in [-0.2, 0) is 4.79 Å². The molecule has 2 unspecified atom stereocenters. The van der Waals surface area contributed by atoms with Crippen LogP contribution in [0, 0.1) is 11.8 Å². The second-order valence-electron chi connectivity index (χ2n) is 9.08. The lowest BCUT2D eigenvalue weighted by Gasteiger charge is -2.14. The van der Waals surface area contributed by atoms with E-state index in [2.05, 4.69) is 62.2 Å². The van der Waals surface area contributed by atoms with Crippen LogP contribution in [0.3, 0.4) is 0 Å². The molecule has 1 amide bonds. The van der Waals surface area contributed by atoms with E-state index in [1.165, 1.54) is 57.2 Å². The Labute approximate surface area is 186 Å². The Balaban J connectivity index is 2.26. The van der Waals surface area contributed by atoms with Crippen LogP contribution >= 0.6 is 0 Å². The first-order valence-corrected chi connectivity index (χ1v) is 12.1. The Morgan fingerprint density at radius 2 is 1.77 bits per heavy atom. The number of hydrogen-bond donors (Lipinski definition) is 1. The quantitative estimate of drug-likeness (QED) is 0.201. The molecule has 1 fully saturated rings. The van der Waals surface area contributed by atoms with E-state index in [-0.39, 0.29) is 5.91 Å². The lowest BCUT2D eigenvalue weighted by molar-refractivity contribution is -0.117. The maximum atomic E-state index is 12.2. The van der Waals surface area contributed by atoms with Gasteiger partial charge in [-0.15, -0.1) is 0 Å². The van der Waals surface area contributed by atoms with Gasteiger partial charge in [-0.05, 0) is 71.0 Å². The molecule has 0 saturated carbocycles. The van der Waals surface area contributed by atoms with Gasteiger partial charge in [0.2, 0.25) is 5.91 Å². The van der Waals surface area contributed by atoms with Gasteiger partial charge in [0.05, 0.1) is 0 Å². The third-order valence-corrected chi connectivity index (χ3v) is 6.05. The average molecular weight is 415 g/mol. The minimum absolute atomic E-state index is 0.0359. The molecular formula is C27H46N2O. The van der Waals surface area contributed by atoms with Gasteiger partial charge in [-0.2, -0.15) is 0 Å². The topological polar surface area (TPSA) is 32.3 Å². The number of nitrogens with zero attached hydrogens (tertiary/aromatic N) is 1. The van der Waals surface area contributed by atoms with Crippen LogP contribution in [0.2, 0.25) is 0 Å². The molecule has 1 N–H and O–H groups in total. The molecule has 2 atom stereocenters. The molecule has 0 aromatic carbocycles. The first-order chi connectivity index (χ1) is 14.4. The minimum Gasteiger partial charge on any atom is -0.352 e. The minimum atomic E-state index is 0.0359. The van der Waals surface area contributed by atoms with Gasteiger partial charge in [0.25, 0.3) is 0 Å². The summed E-state index contributed by atoms with van der Waals surface area (Å²) in [7, 11) is 0. The monoisotopic (exact) mass is 414 g/mol. The summed E-state index contributed by atoms with van der Waals surface area (Å²) in [5, 5.41) is 3.02. The summed E-state index contributed by atoms with van der Waals surface area (Å²) in [5.41, 5.74) is 1.94. The predicted molar refractivity (Wildman–Crippen MR) is 132 cm³/mol. The summed E-state index contributed by atoms with van der Waals surface area (Å²) in [4.78, 5) is 14.6. The highest BCUT2D eigenvalue weighted by atomic mass is 16.1. The molecular weight excluding hydrogens is 368 g/mol. The van der Waals surface area contributed by atoms with Crippen molar-refractivity contribution in [3.63, 3.8) is 0 Å². The van der Waals surface area contributed by atoms with Crippen molar-refractivity contribution in [1.82, 2.24) is 10.2 Å². The largest absolute Gasteiger partial charge is 0.352 e. The molecule has 1 saturated heterocycles. The molecule has 3 heteroatoms. The summed E-state index contributed by atoms with van der Waals surface area (Å²) in [6.07, 6.45) is 21.4. The van der Waals surface area contributed by atoms with Gasteiger partial charge < -0.3 is 10.2 Å². The molecule has 0 radical (unpaired) electrons. The van der Waals surface area contributed by atoms with Crippen molar-refractivity contribution in [2.75, 3.05) is 26.2 Å². The first-order valence-electron chi connectivity index (χ1n) is 12.1. The molecule has 0 aromatic heterocycles. The van der Waals surface area contributed by atoms with E-state index in [4.69, 9.17) is 0 Å². The standard InChI is InChI=1S/C27H46N2O/c1-6-23(2)13-9-14-24(3)15-10-16-25(4)17-11-18-26(5)27(30)28-19-12-22-29-20-7-8-21-29/h10-11,15-18,23-24H,6-9,12-14,19-22H2,1-5H3,(H,28,30)/b15-10+,17-11+,25-16+,26-18+. The van der Waals surface area contributed by atoms with Crippen molar-refractivity contribution in [3.05, 3.63) is 47.6 Å². The van der Waals surface area contributed by atoms with E-state index in [1.807, 2.05) is 19.1 Å². The van der Waals surface area contributed by atoms with E-state index in [1.54, 1.807) is 0 Å². The summed E-state index contributed by atoms with van der Waals surface area (Å²) >= 11 is 0. The van der Waals surface area contributed by atoms with Gasteiger partial charge in [0, 0.05) is 12.1 Å². The molecule has 3 nitrogen and oxygen atoms in total. The van der Waals surface area contributed by atoms with Crippen molar-refractivity contribution in [1.29, 1.82) is 0 Å². The average Bonchev–Trinajstić information content (AvgIpc) is 3.24. The Morgan fingerprint density at radius 3 is 2.47 bits per heavy atom. The number of rotatable bonds is 14. The van der Waals surface area contributed by atoms with E-state index < -0.39 is 0 Å². The first kappa shape index (κ1) is 26.4. The number of likely N-dealkylation sites (tertiary alicyclic amines) is 1. The Hall–Kier alpha value is -1.61. The van der Waals surface area contributed by atoms with E-state index in [9.17, 15) is 4.79 Å². The second-order valence-corrected chi connectivity index (χ2v) is 9.08. The Morgan fingerprint density at radius 1 is 1.03 bits per heavy atom. The highest BCUT2D eigenvalue weighted by Gasteiger charge is 2.10. The SMILES string of the molecule is CCC(C)CCCC(C)/C=C/C=C(C)/C=C/C=C(\C)C(=O)NCCCN1CCCC1. The molecule has 1 aliphatic heterocycles. The van der Waals surface area contributed by atoms with Gasteiger partial charge in [0.1, 0.15) is 0 Å². The Bertz CT molecular complexity index is 594. The summed E-state index contributed by atoms with van der Waals surface area (Å²) in [6, 6.07) is 0. The van der Waals surface area contributed by atoms with Crippen molar-refractivity contribution in [2.24, 2.45) is 11.8 Å². The highest BCUT2D eigenvalue weighted by molar-refractivity contribution is 5.93. The molecule has 0 bridgehead atoms. The van der Waals surface area contributed by atoms with E-state index in [0.29, 0.717) is 5.92 Å². The lowest BCUT2D eigenvalue weighted by atomic mass is 9.97. The van der Waals surface area contributed by atoms with Crippen LogP contribution in [0.5, 0.6) is 0 Å². The van der Waals surface area contributed by atoms with Gasteiger partial charge in [-0.25, -0.2) is 0 Å². The third kappa shape index (κ3) is 12.8. The zero-order valence-corrected chi connectivity index (χ0v) is 20.3. The highest BCUT2D eigenvalue weighted by Crippen LogP contribution is 2.16. The maximum absolute atomic E-state index is 12.2. The molecule has 1 heterocycles. The summed E-state index contributed by atoms with van der Waals surface area (Å²) in [6.45, 7) is 15.2. The zero-order valence-electron chi connectivity index (χ0n) is 20.3. The summed E-state index contributed by atoms with van der Waals surface area (Å²) < 4.78 is 0. The number of hydrogen-bond acceptors (Lipinski definition) is 2. The molecule has 0 aliphatic carbocycles. The van der Waals surface area contributed by atoms with Crippen LogP contribution in [0.15, 0.2) is 47.6 Å². The smallest absolute Gasteiger partial charge is 0.246 e. The zero-order chi connectivity index (χ0) is 22.2. The maximum Gasteiger partial charge on any atom is 0.246 e. The van der Waals surface area contributed by atoms with Crippen LogP contribution in [0.25, 0.3) is 0 Å². The van der Waals surface area contributed by atoms with Gasteiger partial charge in [0.15, 0.2) is 0 Å². The van der Waals surface area contributed by atoms with Crippen LogP contribution in [0.4, 0.5) is 0 Å². The van der Waals surface area contributed by atoms with Gasteiger partial charge in [-0.3, -0.25) is 4.79 Å². The van der Waals surface area contributed by atoms with Crippen LogP contribution in [0.1, 0.15) is 79.6 Å². The Kier molecular flexibility index (Phi) is 14.2. The number of allylic oxidation sites excluding steroid dienone is 7. The lowest BCUT2D eigenvalue weighted by Crippen LogP contribution is -2.29. The normalized spacial score (nSPS) is 18.4. The number of carbonyl (C=O) groups is 1. The van der Waals surface area contributed by atoms with Gasteiger partial charge in [-0.1, -0.05) is 82.1 Å². The van der Waals surface area contributed by atoms with E-state index >= 15 is 0 Å². The van der Waals surface area contributed by atoms with E-state index in [0.717, 1.165) is 31.0 Å². The molecule has 30 heavy (non-hydrogen) atoms. The third-order valence-electron chi connectivity index (χ3n) is 6.05. The summed E-state index contributed by atoms with van der Waals surface area (Å²) in [5.74, 6) is 1.51.